The van der Waals surface area contributed by atoms with E-state index in [4.69, 9.17) is 0 Å². The second-order valence-corrected chi connectivity index (χ2v) is 10.2. The number of nitrogens with one attached hydrogen (secondary N) is 1. The zero-order valence-corrected chi connectivity index (χ0v) is 20.1. The zero-order valence-electron chi connectivity index (χ0n) is 18.5. The number of nitrogens with zero attached hydrogens (tertiary/aromatic N) is 1. The van der Waals surface area contributed by atoms with Crippen LogP contribution in [0.15, 0.2) is 87.6 Å². The number of nitriles is 1. The molecule has 0 amide bonds. The molecule has 0 heterocycles. The van der Waals surface area contributed by atoms with Gasteiger partial charge in [-0.15, -0.1) is 11.8 Å². The topological polar surface area (TPSA) is 70.0 Å². The summed E-state index contributed by atoms with van der Waals surface area (Å²) < 4.78 is 40.4. The van der Waals surface area contributed by atoms with Crippen LogP contribution >= 0.6 is 11.8 Å². The highest BCUT2D eigenvalue weighted by atomic mass is 32.2. The SMILES string of the molecule is CCc1cccc(CC)c1NC(SCc1cccc(F)c1)=C(C#N)S(=O)(=O)c1ccccc1. The number of rotatable bonds is 9. The first-order valence-electron chi connectivity index (χ1n) is 10.6. The number of hydrogen-bond acceptors (Lipinski definition) is 5. The smallest absolute Gasteiger partial charge is 0.219 e. The lowest BCUT2D eigenvalue weighted by atomic mass is 10.0. The first kappa shape index (κ1) is 24.6. The third kappa shape index (κ3) is 5.84. The van der Waals surface area contributed by atoms with Gasteiger partial charge in [-0.25, -0.2) is 12.8 Å². The molecule has 0 saturated carbocycles. The van der Waals surface area contributed by atoms with Crippen molar-refractivity contribution in [2.24, 2.45) is 0 Å². The molecule has 0 atom stereocenters. The van der Waals surface area contributed by atoms with E-state index in [1.165, 1.54) is 36.0 Å². The molecule has 0 aromatic heterocycles. The quantitative estimate of drug-likeness (QED) is 0.356. The van der Waals surface area contributed by atoms with Crippen molar-refractivity contribution in [3.8, 4) is 6.07 Å². The van der Waals surface area contributed by atoms with Crippen LogP contribution in [0.1, 0.15) is 30.5 Å². The molecule has 0 spiro atoms. The molecule has 0 bridgehead atoms. The van der Waals surface area contributed by atoms with Crippen LogP contribution in [0.5, 0.6) is 0 Å². The second kappa shape index (κ2) is 11.2. The molecule has 0 saturated heterocycles. The number of hydrogen-bond donors (Lipinski definition) is 1. The minimum atomic E-state index is -4.06. The average molecular weight is 481 g/mol. The van der Waals surface area contributed by atoms with Crippen molar-refractivity contribution >= 4 is 27.3 Å². The van der Waals surface area contributed by atoms with E-state index < -0.39 is 9.84 Å². The maximum atomic E-state index is 13.7. The third-order valence-corrected chi connectivity index (χ3v) is 8.07. The summed E-state index contributed by atoms with van der Waals surface area (Å²) in [6, 6.07) is 21.9. The highest BCUT2D eigenvalue weighted by molar-refractivity contribution is 8.04. The van der Waals surface area contributed by atoms with Crippen molar-refractivity contribution in [2.75, 3.05) is 5.32 Å². The van der Waals surface area contributed by atoms with Gasteiger partial charge in [-0.05, 0) is 53.8 Å². The fourth-order valence-corrected chi connectivity index (χ4v) is 5.92. The number of anilines is 1. The Morgan fingerprint density at radius 1 is 0.970 bits per heavy atom. The summed E-state index contributed by atoms with van der Waals surface area (Å²) in [5.74, 6) is -0.0701. The van der Waals surface area contributed by atoms with Crippen LogP contribution in [0.4, 0.5) is 10.1 Å². The van der Waals surface area contributed by atoms with Gasteiger partial charge in [0.2, 0.25) is 9.84 Å². The van der Waals surface area contributed by atoms with Gasteiger partial charge in [0.05, 0.1) is 4.90 Å². The molecule has 0 aliphatic carbocycles. The number of para-hydroxylation sites is 1. The lowest BCUT2D eigenvalue weighted by Gasteiger charge is -2.19. The molecular formula is C26H25FN2O2S2. The van der Waals surface area contributed by atoms with Gasteiger partial charge in [-0.3, -0.25) is 0 Å². The van der Waals surface area contributed by atoms with Crippen LogP contribution < -0.4 is 5.32 Å². The Hall–Kier alpha value is -3.08. The number of allylic oxidation sites excluding steroid dienone is 1. The Kier molecular flexibility index (Phi) is 8.32. The van der Waals surface area contributed by atoms with E-state index in [0.29, 0.717) is 11.3 Å². The maximum absolute atomic E-state index is 13.7. The molecule has 1 N–H and O–H groups in total. The lowest BCUT2D eigenvalue weighted by molar-refractivity contribution is 0.603. The molecule has 3 aromatic rings. The summed E-state index contributed by atoms with van der Waals surface area (Å²) in [7, 11) is -4.06. The highest BCUT2D eigenvalue weighted by Crippen LogP contribution is 2.34. The van der Waals surface area contributed by atoms with E-state index in [1.54, 1.807) is 30.3 Å². The Morgan fingerprint density at radius 3 is 2.18 bits per heavy atom. The molecule has 0 fully saturated rings. The molecular weight excluding hydrogens is 455 g/mol. The van der Waals surface area contributed by atoms with E-state index >= 15 is 0 Å². The van der Waals surface area contributed by atoms with Crippen molar-refractivity contribution in [3.05, 3.63) is 105 Å². The third-order valence-electron chi connectivity index (χ3n) is 5.14. The molecule has 170 valence electrons. The highest BCUT2D eigenvalue weighted by Gasteiger charge is 2.26. The number of aryl methyl sites for hydroxylation is 2. The standard InChI is InChI=1S/C26H25FN2O2S2/c1-3-20-11-9-12-21(4-2)25(20)29-26(32-18-19-10-8-13-22(27)16-19)24(17-28)33(30,31)23-14-6-5-7-15-23/h5-16,29H,3-4,18H2,1-2H3. The fourth-order valence-electron chi connectivity index (χ4n) is 3.41. The van der Waals surface area contributed by atoms with Crippen LogP contribution in [0.25, 0.3) is 0 Å². The van der Waals surface area contributed by atoms with Gasteiger partial charge in [-0.2, -0.15) is 5.26 Å². The molecule has 33 heavy (non-hydrogen) atoms. The van der Waals surface area contributed by atoms with Crippen LogP contribution in [0.2, 0.25) is 0 Å². The molecule has 0 radical (unpaired) electrons. The van der Waals surface area contributed by atoms with E-state index in [0.717, 1.165) is 29.7 Å². The Balaban J connectivity index is 2.13. The van der Waals surface area contributed by atoms with Gasteiger partial charge in [0, 0.05) is 11.4 Å². The fraction of sp³-hybridized carbons (Fsp3) is 0.192. The van der Waals surface area contributed by atoms with Gasteiger partial charge in [0.25, 0.3) is 0 Å². The van der Waals surface area contributed by atoms with E-state index in [-0.39, 0.29) is 20.6 Å². The van der Waals surface area contributed by atoms with Crippen molar-refractivity contribution in [3.63, 3.8) is 0 Å². The predicted molar refractivity (Wildman–Crippen MR) is 133 cm³/mol. The summed E-state index contributed by atoms with van der Waals surface area (Å²) in [6.45, 7) is 4.05. The number of thioether (sulfide) groups is 1. The van der Waals surface area contributed by atoms with Gasteiger partial charge in [0.1, 0.15) is 16.9 Å². The summed E-state index contributed by atoms with van der Waals surface area (Å²) in [6.07, 6.45) is 1.48. The van der Waals surface area contributed by atoms with Gasteiger partial charge < -0.3 is 5.32 Å². The first-order valence-corrected chi connectivity index (χ1v) is 13.1. The summed E-state index contributed by atoms with van der Waals surface area (Å²) in [4.78, 5) is -0.310. The summed E-state index contributed by atoms with van der Waals surface area (Å²) in [5, 5.41) is 13.5. The van der Waals surface area contributed by atoms with Gasteiger partial charge >= 0.3 is 0 Å². The molecule has 0 aliphatic heterocycles. The van der Waals surface area contributed by atoms with Crippen LogP contribution in [-0.2, 0) is 28.4 Å². The van der Waals surface area contributed by atoms with Crippen molar-refractivity contribution in [1.82, 2.24) is 0 Å². The van der Waals surface area contributed by atoms with Crippen molar-refractivity contribution < 1.29 is 12.8 Å². The van der Waals surface area contributed by atoms with Crippen LogP contribution in [-0.4, -0.2) is 8.42 Å². The normalized spacial score (nSPS) is 12.1. The Bertz CT molecular complexity index is 1280. The molecule has 7 heteroatoms. The van der Waals surface area contributed by atoms with Crippen LogP contribution in [0.3, 0.4) is 0 Å². The second-order valence-electron chi connectivity index (χ2n) is 7.29. The first-order chi connectivity index (χ1) is 15.9. The molecule has 3 rings (SSSR count). The summed E-state index contributed by atoms with van der Waals surface area (Å²) >= 11 is 1.17. The number of halogens is 1. The summed E-state index contributed by atoms with van der Waals surface area (Å²) in [5.41, 5.74) is 3.54. The number of benzene rings is 3. The van der Waals surface area contributed by atoms with Gasteiger partial charge in [0.15, 0.2) is 4.91 Å². The average Bonchev–Trinajstić information content (AvgIpc) is 2.83. The zero-order chi connectivity index (χ0) is 23.8. The minimum absolute atomic E-state index is 0.0479. The predicted octanol–water partition coefficient (Wildman–Crippen LogP) is 6.46. The van der Waals surface area contributed by atoms with E-state index in [9.17, 15) is 18.1 Å². The largest absolute Gasteiger partial charge is 0.348 e. The van der Waals surface area contributed by atoms with Crippen LogP contribution in [0, 0.1) is 17.1 Å². The van der Waals surface area contributed by atoms with E-state index in [1.807, 2.05) is 38.1 Å². The molecule has 4 nitrogen and oxygen atoms in total. The maximum Gasteiger partial charge on any atom is 0.219 e. The van der Waals surface area contributed by atoms with E-state index in [2.05, 4.69) is 5.32 Å². The van der Waals surface area contributed by atoms with Crippen molar-refractivity contribution in [2.45, 2.75) is 37.3 Å². The Labute approximate surface area is 199 Å². The molecule has 0 aliphatic rings. The lowest BCUT2D eigenvalue weighted by Crippen LogP contribution is -2.12. The van der Waals surface area contributed by atoms with Gasteiger partial charge in [-0.1, -0.05) is 62.4 Å². The Morgan fingerprint density at radius 2 is 1.61 bits per heavy atom. The van der Waals surface area contributed by atoms with Crippen molar-refractivity contribution in [1.29, 1.82) is 5.26 Å². The number of sulfone groups is 1. The molecule has 0 unspecified atom stereocenters. The minimum Gasteiger partial charge on any atom is -0.348 e. The monoisotopic (exact) mass is 480 g/mol. The molecule has 3 aromatic carbocycles.